The number of amides is 1. The van der Waals surface area contributed by atoms with Crippen molar-refractivity contribution in [1.29, 1.82) is 5.26 Å². The SMILES string of the molecule is Cc1ccc(C(=O)Nc2ccc(C#N)cc2F)cc1O. The molecule has 4 nitrogen and oxygen atoms in total. The van der Waals surface area contributed by atoms with Crippen molar-refractivity contribution in [3.05, 3.63) is 58.9 Å². The molecule has 0 aromatic heterocycles. The molecule has 2 N–H and O–H groups in total. The molecule has 0 spiro atoms. The Bertz CT molecular complexity index is 720. The summed E-state index contributed by atoms with van der Waals surface area (Å²) in [5.74, 6) is -1.23. The van der Waals surface area contributed by atoms with Crippen molar-refractivity contribution in [1.82, 2.24) is 0 Å². The van der Waals surface area contributed by atoms with E-state index in [4.69, 9.17) is 5.26 Å². The van der Waals surface area contributed by atoms with Gasteiger partial charge in [-0.2, -0.15) is 5.26 Å². The Balaban J connectivity index is 2.23. The highest BCUT2D eigenvalue weighted by molar-refractivity contribution is 6.04. The van der Waals surface area contributed by atoms with E-state index in [1.807, 2.05) is 6.07 Å². The molecule has 0 aliphatic carbocycles. The molecule has 0 heterocycles. The van der Waals surface area contributed by atoms with E-state index < -0.39 is 11.7 Å². The lowest BCUT2D eigenvalue weighted by atomic mass is 10.1. The van der Waals surface area contributed by atoms with Crippen molar-refractivity contribution in [3.8, 4) is 11.8 Å². The number of aryl methyl sites for hydroxylation is 1. The lowest BCUT2D eigenvalue weighted by Crippen LogP contribution is -2.13. The molecule has 0 saturated carbocycles. The average molecular weight is 270 g/mol. The van der Waals surface area contributed by atoms with Gasteiger partial charge in [0.15, 0.2) is 0 Å². The second-order valence-corrected chi connectivity index (χ2v) is 4.26. The molecule has 0 bridgehead atoms. The number of halogens is 1. The predicted octanol–water partition coefficient (Wildman–Crippen LogP) is 2.96. The van der Waals surface area contributed by atoms with Crippen LogP contribution in [0, 0.1) is 24.1 Å². The highest BCUT2D eigenvalue weighted by Crippen LogP contribution is 2.20. The van der Waals surface area contributed by atoms with Crippen LogP contribution in [0.15, 0.2) is 36.4 Å². The third kappa shape index (κ3) is 2.75. The lowest BCUT2D eigenvalue weighted by Gasteiger charge is -2.07. The van der Waals surface area contributed by atoms with Crippen molar-refractivity contribution in [3.63, 3.8) is 0 Å². The van der Waals surface area contributed by atoms with Crippen LogP contribution in [0.25, 0.3) is 0 Å². The maximum absolute atomic E-state index is 13.6. The summed E-state index contributed by atoms with van der Waals surface area (Å²) in [4.78, 5) is 11.9. The van der Waals surface area contributed by atoms with Crippen LogP contribution in [0.1, 0.15) is 21.5 Å². The number of hydrogen-bond donors (Lipinski definition) is 2. The summed E-state index contributed by atoms with van der Waals surface area (Å²) in [5.41, 5.74) is 1.02. The quantitative estimate of drug-likeness (QED) is 0.881. The summed E-state index contributed by atoms with van der Waals surface area (Å²) in [7, 11) is 0. The molecule has 2 aromatic carbocycles. The van der Waals surface area contributed by atoms with Gasteiger partial charge >= 0.3 is 0 Å². The van der Waals surface area contributed by atoms with E-state index in [0.717, 1.165) is 6.07 Å². The van der Waals surface area contributed by atoms with E-state index in [-0.39, 0.29) is 22.6 Å². The van der Waals surface area contributed by atoms with Gasteiger partial charge in [-0.3, -0.25) is 4.79 Å². The Morgan fingerprint density at radius 3 is 2.65 bits per heavy atom. The van der Waals surface area contributed by atoms with Crippen molar-refractivity contribution >= 4 is 11.6 Å². The Labute approximate surface area is 115 Å². The number of nitriles is 1. The number of phenols is 1. The molecule has 100 valence electrons. The second kappa shape index (κ2) is 5.41. The summed E-state index contributed by atoms with van der Waals surface area (Å²) < 4.78 is 13.6. The van der Waals surface area contributed by atoms with Crippen LogP contribution < -0.4 is 5.32 Å². The highest BCUT2D eigenvalue weighted by atomic mass is 19.1. The third-order valence-electron chi connectivity index (χ3n) is 2.82. The zero-order valence-corrected chi connectivity index (χ0v) is 10.6. The number of aromatic hydroxyl groups is 1. The molecule has 0 aliphatic rings. The fourth-order valence-corrected chi connectivity index (χ4v) is 1.63. The molecule has 1 amide bonds. The topological polar surface area (TPSA) is 73.1 Å². The van der Waals surface area contributed by atoms with Crippen LogP contribution in [0.3, 0.4) is 0 Å². The monoisotopic (exact) mass is 270 g/mol. The first-order chi connectivity index (χ1) is 9.51. The molecule has 5 heteroatoms. The van der Waals surface area contributed by atoms with Gasteiger partial charge < -0.3 is 10.4 Å². The number of anilines is 1. The molecule has 0 atom stereocenters. The molecule has 0 unspecified atom stereocenters. The van der Waals surface area contributed by atoms with Crippen LogP contribution >= 0.6 is 0 Å². The molecular weight excluding hydrogens is 259 g/mol. The van der Waals surface area contributed by atoms with Crippen LogP contribution in [-0.2, 0) is 0 Å². The number of nitrogens with one attached hydrogen (secondary N) is 1. The minimum absolute atomic E-state index is 0.00190. The van der Waals surface area contributed by atoms with E-state index >= 15 is 0 Å². The number of phenolic OH excluding ortho intramolecular Hbond substituents is 1. The Morgan fingerprint density at radius 2 is 2.05 bits per heavy atom. The van der Waals surface area contributed by atoms with Crippen LogP contribution in [0.4, 0.5) is 10.1 Å². The van der Waals surface area contributed by atoms with E-state index in [1.54, 1.807) is 13.0 Å². The molecule has 0 fully saturated rings. The molecule has 0 aliphatic heterocycles. The van der Waals surface area contributed by atoms with Gasteiger partial charge in [-0.1, -0.05) is 6.07 Å². The lowest BCUT2D eigenvalue weighted by molar-refractivity contribution is 0.102. The van der Waals surface area contributed by atoms with E-state index in [2.05, 4.69) is 5.32 Å². The highest BCUT2D eigenvalue weighted by Gasteiger charge is 2.11. The van der Waals surface area contributed by atoms with Gasteiger partial charge in [0.25, 0.3) is 5.91 Å². The zero-order chi connectivity index (χ0) is 14.7. The maximum Gasteiger partial charge on any atom is 0.255 e. The predicted molar refractivity (Wildman–Crippen MR) is 71.9 cm³/mol. The number of rotatable bonds is 2. The van der Waals surface area contributed by atoms with Gasteiger partial charge in [0.2, 0.25) is 0 Å². The van der Waals surface area contributed by atoms with E-state index in [9.17, 15) is 14.3 Å². The summed E-state index contributed by atoms with van der Waals surface area (Å²) >= 11 is 0. The molecule has 2 aromatic rings. The van der Waals surface area contributed by atoms with Crippen molar-refractivity contribution < 1.29 is 14.3 Å². The molecular formula is C15H11FN2O2. The van der Waals surface area contributed by atoms with Crippen LogP contribution in [-0.4, -0.2) is 11.0 Å². The van der Waals surface area contributed by atoms with Crippen LogP contribution in [0.2, 0.25) is 0 Å². The molecule has 20 heavy (non-hydrogen) atoms. The van der Waals surface area contributed by atoms with Gasteiger partial charge in [-0.05, 0) is 42.8 Å². The Morgan fingerprint density at radius 1 is 1.30 bits per heavy atom. The van der Waals surface area contributed by atoms with Gasteiger partial charge in [0, 0.05) is 5.56 Å². The Hall–Kier alpha value is -2.87. The summed E-state index contributed by atoms with van der Waals surface area (Å²) in [5, 5.41) is 20.6. The fraction of sp³-hybridized carbons (Fsp3) is 0.0667. The van der Waals surface area contributed by atoms with E-state index in [1.165, 1.54) is 24.3 Å². The Kier molecular flexibility index (Phi) is 3.67. The number of carbonyl (C=O) groups is 1. The van der Waals surface area contributed by atoms with Gasteiger partial charge in [-0.25, -0.2) is 4.39 Å². The summed E-state index contributed by atoms with van der Waals surface area (Å²) in [6, 6.07) is 10.0. The molecule has 2 rings (SSSR count). The van der Waals surface area contributed by atoms with Gasteiger partial charge in [-0.15, -0.1) is 0 Å². The minimum atomic E-state index is -0.686. The van der Waals surface area contributed by atoms with Crippen LogP contribution in [0.5, 0.6) is 5.75 Å². The standard InChI is InChI=1S/C15H11FN2O2/c1-9-2-4-11(7-14(9)19)15(20)18-13-5-3-10(8-17)6-12(13)16/h2-7,19H,1H3,(H,18,20). The first kappa shape index (κ1) is 13.6. The third-order valence-corrected chi connectivity index (χ3v) is 2.82. The molecule has 0 saturated heterocycles. The smallest absolute Gasteiger partial charge is 0.255 e. The van der Waals surface area contributed by atoms with E-state index in [0.29, 0.717) is 5.56 Å². The number of nitrogens with zero attached hydrogens (tertiary/aromatic N) is 1. The molecule has 0 radical (unpaired) electrons. The normalized spacial score (nSPS) is 9.85. The fourth-order valence-electron chi connectivity index (χ4n) is 1.63. The van der Waals surface area contributed by atoms with Crippen molar-refractivity contribution in [2.75, 3.05) is 5.32 Å². The minimum Gasteiger partial charge on any atom is -0.508 e. The van der Waals surface area contributed by atoms with Gasteiger partial charge in [0.05, 0.1) is 17.3 Å². The largest absolute Gasteiger partial charge is 0.508 e. The summed E-state index contributed by atoms with van der Waals surface area (Å²) in [6.07, 6.45) is 0. The van der Waals surface area contributed by atoms with Gasteiger partial charge in [0.1, 0.15) is 11.6 Å². The first-order valence-electron chi connectivity index (χ1n) is 5.82. The summed E-state index contributed by atoms with van der Waals surface area (Å²) in [6.45, 7) is 1.71. The van der Waals surface area contributed by atoms with Crippen molar-refractivity contribution in [2.24, 2.45) is 0 Å². The first-order valence-corrected chi connectivity index (χ1v) is 5.82. The average Bonchev–Trinajstić information content (AvgIpc) is 2.43. The maximum atomic E-state index is 13.6. The van der Waals surface area contributed by atoms with Crippen molar-refractivity contribution in [2.45, 2.75) is 6.92 Å². The number of hydrogen-bond acceptors (Lipinski definition) is 3. The number of carbonyl (C=O) groups excluding carboxylic acids is 1. The number of benzene rings is 2. The zero-order valence-electron chi connectivity index (χ0n) is 10.6. The second-order valence-electron chi connectivity index (χ2n) is 4.26.